The van der Waals surface area contributed by atoms with Crippen LogP contribution in [0.4, 0.5) is 0 Å². The molecule has 1 atom stereocenters. The highest BCUT2D eigenvalue weighted by Gasteiger charge is 2.30. The highest BCUT2D eigenvalue weighted by Crippen LogP contribution is 2.22. The third-order valence-corrected chi connectivity index (χ3v) is 6.02. The minimum absolute atomic E-state index is 0.0685. The summed E-state index contributed by atoms with van der Waals surface area (Å²) in [6, 6.07) is 19.2. The monoisotopic (exact) mass is 475 g/mol. The molecule has 8 nitrogen and oxygen atoms in total. The number of piperazine rings is 1. The zero-order valence-electron chi connectivity index (χ0n) is 19.6. The van der Waals surface area contributed by atoms with Gasteiger partial charge in [-0.25, -0.2) is 0 Å². The van der Waals surface area contributed by atoms with Crippen LogP contribution in [0.2, 0.25) is 0 Å². The highest BCUT2D eigenvalue weighted by atomic mass is 16.5. The first-order chi connectivity index (χ1) is 16.9. The van der Waals surface area contributed by atoms with Crippen LogP contribution in [-0.2, 0) is 20.9 Å². The summed E-state index contributed by atoms with van der Waals surface area (Å²) < 4.78 is 5.71. The number of carbonyl (C=O) groups is 3. The number of benzene rings is 3. The van der Waals surface area contributed by atoms with Gasteiger partial charge >= 0.3 is 0 Å². The van der Waals surface area contributed by atoms with E-state index in [4.69, 9.17) is 4.74 Å². The summed E-state index contributed by atoms with van der Waals surface area (Å²) in [6.07, 6.45) is 0. The summed E-state index contributed by atoms with van der Waals surface area (Å²) in [7, 11) is 0. The fraction of sp³-hybridized carbons (Fsp3) is 0.296. The standard InChI is InChI=1S/C27H29N3O5/c1-19(31)28-25(18-35-17-20-5-3-2-4-6-20)27(34)30-13-11-29(12-14-30)26(33)23-8-7-22-16-24(32)10-9-21(22)15-23/h2-10,15-16,25,32H,11-14,17-18H2,1H3,(H,28,31)/t25-/m1/s1. The molecule has 3 amide bonds. The number of aromatic hydroxyl groups is 1. The van der Waals surface area contributed by atoms with Crippen molar-refractivity contribution in [3.8, 4) is 5.75 Å². The number of nitrogens with zero attached hydrogens (tertiary/aromatic N) is 2. The van der Waals surface area contributed by atoms with Gasteiger partial charge in [-0.15, -0.1) is 0 Å². The van der Waals surface area contributed by atoms with Crippen molar-refractivity contribution in [3.63, 3.8) is 0 Å². The molecule has 0 bridgehead atoms. The molecule has 0 unspecified atom stereocenters. The third-order valence-electron chi connectivity index (χ3n) is 6.02. The van der Waals surface area contributed by atoms with Crippen molar-refractivity contribution in [2.45, 2.75) is 19.6 Å². The van der Waals surface area contributed by atoms with Crippen LogP contribution in [0.1, 0.15) is 22.8 Å². The van der Waals surface area contributed by atoms with Gasteiger partial charge in [0, 0.05) is 38.7 Å². The summed E-state index contributed by atoms with van der Waals surface area (Å²) in [4.78, 5) is 41.2. The largest absolute Gasteiger partial charge is 0.508 e. The van der Waals surface area contributed by atoms with Crippen molar-refractivity contribution in [1.29, 1.82) is 0 Å². The molecule has 1 heterocycles. The Morgan fingerprint density at radius 2 is 1.57 bits per heavy atom. The van der Waals surface area contributed by atoms with E-state index in [1.54, 1.807) is 34.1 Å². The van der Waals surface area contributed by atoms with Gasteiger partial charge < -0.3 is 25.0 Å². The molecule has 1 saturated heterocycles. The van der Waals surface area contributed by atoms with Crippen LogP contribution in [0, 0.1) is 0 Å². The molecule has 0 radical (unpaired) electrons. The van der Waals surface area contributed by atoms with Crippen LogP contribution >= 0.6 is 0 Å². The molecular weight excluding hydrogens is 446 g/mol. The van der Waals surface area contributed by atoms with E-state index >= 15 is 0 Å². The first kappa shape index (κ1) is 24.2. The average molecular weight is 476 g/mol. The molecule has 2 N–H and O–H groups in total. The zero-order valence-corrected chi connectivity index (χ0v) is 19.6. The fourth-order valence-corrected chi connectivity index (χ4v) is 4.19. The van der Waals surface area contributed by atoms with Crippen molar-refractivity contribution in [3.05, 3.63) is 77.9 Å². The summed E-state index contributed by atoms with van der Waals surface area (Å²) in [5.74, 6) is -0.437. The predicted molar refractivity (Wildman–Crippen MR) is 132 cm³/mol. The first-order valence-electron chi connectivity index (χ1n) is 11.6. The van der Waals surface area contributed by atoms with Crippen molar-refractivity contribution in [2.75, 3.05) is 32.8 Å². The van der Waals surface area contributed by atoms with Gasteiger partial charge in [0.15, 0.2) is 0 Å². The van der Waals surface area contributed by atoms with Crippen molar-refractivity contribution >= 4 is 28.5 Å². The number of fused-ring (bicyclic) bond motifs is 1. The number of phenols is 1. The lowest BCUT2D eigenvalue weighted by Crippen LogP contribution is -2.56. The predicted octanol–water partition coefficient (Wildman–Crippen LogP) is 2.55. The Morgan fingerprint density at radius 3 is 2.29 bits per heavy atom. The normalized spacial score (nSPS) is 14.5. The fourth-order valence-electron chi connectivity index (χ4n) is 4.19. The molecule has 3 aromatic rings. The summed E-state index contributed by atoms with van der Waals surface area (Å²) in [6.45, 7) is 3.34. The topological polar surface area (TPSA) is 99.2 Å². The van der Waals surface area contributed by atoms with Gasteiger partial charge in [-0.2, -0.15) is 0 Å². The van der Waals surface area contributed by atoms with Gasteiger partial charge in [0.05, 0.1) is 13.2 Å². The molecular formula is C27H29N3O5. The number of hydrogen-bond donors (Lipinski definition) is 2. The Hall–Kier alpha value is -3.91. The van der Waals surface area contributed by atoms with Crippen LogP contribution in [0.25, 0.3) is 10.8 Å². The van der Waals surface area contributed by atoms with Crippen LogP contribution in [0.5, 0.6) is 5.75 Å². The summed E-state index contributed by atoms with van der Waals surface area (Å²) in [5.41, 5.74) is 1.55. The molecule has 182 valence electrons. The molecule has 0 spiro atoms. The molecule has 35 heavy (non-hydrogen) atoms. The Bertz CT molecular complexity index is 1210. The van der Waals surface area contributed by atoms with Crippen molar-refractivity contribution < 1.29 is 24.2 Å². The number of phenolic OH excluding ortho intramolecular Hbond substituents is 1. The van der Waals surface area contributed by atoms with Gasteiger partial charge in [-0.05, 0) is 40.6 Å². The number of amides is 3. The first-order valence-corrected chi connectivity index (χ1v) is 11.6. The number of hydrogen-bond acceptors (Lipinski definition) is 5. The molecule has 8 heteroatoms. The lowest BCUT2D eigenvalue weighted by atomic mass is 10.1. The molecule has 4 rings (SSSR count). The minimum Gasteiger partial charge on any atom is -0.508 e. The van der Waals surface area contributed by atoms with Gasteiger partial charge in [0.1, 0.15) is 11.8 Å². The van der Waals surface area contributed by atoms with Gasteiger partial charge in [0.25, 0.3) is 5.91 Å². The second-order valence-corrected chi connectivity index (χ2v) is 8.62. The van der Waals surface area contributed by atoms with E-state index in [0.29, 0.717) is 38.3 Å². The maximum absolute atomic E-state index is 13.1. The summed E-state index contributed by atoms with van der Waals surface area (Å²) in [5, 5.41) is 14.0. The molecule has 1 fully saturated rings. The van der Waals surface area contributed by atoms with E-state index in [0.717, 1.165) is 16.3 Å². The second-order valence-electron chi connectivity index (χ2n) is 8.62. The number of rotatable bonds is 7. The van der Waals surface area contributed by atoms with E-state index in [-0.39, 0.29) is 30.1 Å². The maximum Gasteiger partial charge on any atom is 0.253 e. The number of nitrogens with one attached hydrogen (secondary N) is 1. The van der Waals surface area contributed by atoms with Gasteiger partial charge in [-0.3, -0.25) is 14.4 Å². The molecule has 0 aliphatic carbocycles. The second kappa shape index (κ2) is 11.0. The van der Waals surface area contributed by atoms with E-state index in [1.165, 1.54) is 6.92 Å². The van der Waals surface area contributed by atoms with E-state index in [2.05, 4.69) is 5.32 Å². The molecule has 1 aliphatic heterocycles. The lowest BCUT2D eigenvalue weighted by molar-refractivity contribution is -0.139. The van der Waals surface area contributed by atoms with E-state index in [9.17, 15) is 19.5 Å². The Labute approximate surface area is 204 Å². The smallest absolute Gasteiger partial charge is 0.253 e. The molecule has 1 aliphatic rings. The highest BCUT2D eigenvalue weighted by molar-refractivity contribution is 5.99. The molecule has 3 aromatic carbocycles. The Kier molecular flexibility index (Phi) is 7.62. The third kappa shape index (κ3) is 6.16. The lowest BCUT2D eigenvalue weighted by Gasteiger charge is -2.36. The van der Waals surface area contributed by atoms with Crippen LogP contribution in [0.3, 0.4) is 0 Å². The van der Waals surface area contributed by atoms with Crippen LogP contribution in [0.15, 0.2) is 66.7 Å². The minimum atomic E-state index is -0.782. The zero-order chi connectivity index (χ0) is 24.8. The van der Waals surface area contributed by atoms with E-state index < -0.39 is 6.04 Å². The average Bonchev–Trinajstić information content (AvgIpc) is 2.87. The van der Waals surface area contributed by atoms with Gasteiger partial charge in [0.2, 0.25) is 11.8 Å². The molecule has 0 saturated carbocycles. The molecule has 0 aromatic heterocycles. The summed E-state index contributed by atoms with van der Waals surface area (Å²) >= 11 is 0. The van der Waals surface area contributed by atoms with Crippen molar-refractivity contribution in [1.82, 2.24) is 15.1 Å². The van der Waals surface area contributed by atoms with Crippen molar-refractivity contribution in [2.24, 2.45) is 0 Å². The van der Waals surface area contributed by atoms with Crippen LogP contribution in [-0.4, -0.2) is 71.5 Å². The van der Waals surface area contributed by atoms with Crippen LogP contribution < -0.4 is 5.32 Å². The Morgan fingerprint density at radius 1 is 0.914 bits per heavy atom. The Balaban J connectivity index is 1.34. The maximum atomic E-state index is 13.1. The quantitative estimate of drug-likeness (QED) is 0.547. The number of ether oxygens (including phenoxy) is 1. The SMILES string of the molecule is CC(=O)N[C@H](COCc1ccccc1)C(=O)N1CCN(C(=O)c2ccc3cc(O)ccc3c2)CC1. The number of carbonyl (C=O) groups excluding carboxylic acids is 3. The van der Waals surface area contributed by atoms with Gasteiger partial charge in [-0.1, -0.05) is 42.5 Å². The van der Waals surface area contributed by atoms with E-state index in [1.807, 2.05) is 42.5 Å².